The van der Waals surface area contributed by atoms with Crippen molar-refractivity contribution in [2.45, 2.75) is 19.4 Å². The number of benzene rings is 1. The molecule has 5 nitrogen and oxygen atoms in total. The molecule has 1 rings (SSSR count). The molecule has 0 unspecified atom stereocenters. The highest BCUT2D eigenvalue weighted by Crippen LogP contribution is 2.27. The second-order valence-electron chi connectivity index (χ2n) is 3.15. The molecule has 0 radical (unpaired) electrons. The van der Waals surface area contributed by atoms with Crippen molar-refractivity contribution in [2.75, 3.05) is 5.32 Å². The van der Waals surface area contributed by atoms with Crippen molar-refractivity contribution in [3.63, 3.8) is 0 Å². The number of rotatable bonds is 4. The van der Waals surface area contributed by atoms with Gasteiger partial charge < -0.3 is 20.6 Å². The molecule has 0 saturated heterocycles. The number of carboxylic acids is 1. The van der Waals surface area contributed by atoms with Gasteiger partial charge in [-0.3, -0.25) is 0 Å². The maximum Gasteiger partial charge on any atom is 0.326 e. The molecule has 4 N–H and O–H groups in total. The summed E-state index contributed by atoms with van der Waals surface area (Å²) in [5, 5.41) is 29.7. The van der Waals surface area contributed by atoms with Crippen molar-refractivity contribution in [1.82, 2.24) is 0 Å². The van der Waals surface area contributed by atoms with E-state index in [0.29, 0.717) is 12.1 Å². The minimum atomic E-state index is -0.954. The second-order valence-corrected chi connectivity index (χ2v) is 3.15. The van der Waals surface area contributed by atoms with Crippen LogP contribution < -0.4 is 5.32 Å². The van der Waals surface area contributed by atoms with Gasteiger partial charge in [-0.15, -0.1) is 0 Å². The van der Waals surface area contributed by atoms with Gasteiger partial charge in [0.2, 0.25) is 0 Å². The lowest BCUT2D eigenvalue weighted by Gasteiger charge is -2.13. The Kier molecular flexibility index (Phi) is 3.38. The molecule has 1 aromatic rings. The molecular weight excluding hydrogens is 198 g/mol. The monoisotopic (exact) mass is 211 g/mol. The molecule has 5 heteroatoms. The predicted octanol–water partition coefficient (Wildman–Crippen LogP) is 1.37. The van der Waals surface area contributed by atoms with Gasteiger partial charge >= 0.3 is 5.97 Å². The fraction of sp³-hybridized carbons (Fsp3) is 0.300. The summed E-state index contributed by atoms with van der Waals surface area (Å²) in [6, 6.07) is 3.38. The molecule has 0 heterocycles. The number of hydrogen-bond acceptors (Lipinski definition) is 4. The van der Waals surface area contributed by atoms with Crippen molar-refractivity contribution in [3.8, 4) is 11.5 Å². The lowest BCUT2D eigenvalue weighted by atomic mass is 10.2. The van der Waals surface area contributed by atoms with Crippen molar-refractivity contribution < 1.29 is 20.1 Å². The van der Waals surface area contributed by atoms with Gasteiger partial charge in [0, 0.05) is 11.8 Å². The van der Waals surface area contributed by atoms with Gasteiger partial charge in [-0.05, 0) is 18.6 Å². The fourth-order valence-corrected chi connectivity index (χ4v) is 1.15. The molecule has 82 valence electrons. The zero-order valence-corrected chi connectivity index (χ0v) is 8.27. The Morgan fingerprint density at radius 2 is 2.07 bits per heavy atom. The van der Waals surface area contributed by atoms with E-state index in [9.17, 15) is 9.90 Å². The molecule has 0 saturated carbocycles. The molecule has 0 aliphatic rings. The van der Waals surface area contributed by atoms with Crippen LogP contribution in [-0.2, 0) is 4.79 Å². The fourth-order valence-electron chi connectivity index (χ4n) is 1.15. The number of phenols is 2. The van der Waals surface area contributed by atoms with Crippen molar-refractivity contribution in [3.05, 3.63) is 18.2 Å². The van der Waals surface area contributed by atoms with E-state index < -0.39 is 12.0 Å². The molecular formula is C10H13NO4. The molecule has 0 fully saturated rings. The first kappa shape index (κ1) is 11.2. The Morgan fingerprint density at radius 1 is 1.40 bits per heavy atom. The SMILES string of the molecule is CC[C@H](Nc1ccc(O)c(O)c1)C(=O)O. The Hall–Kier alpha value is -1.91. The smallest absolute Gasteiger partial charge is 0.326 e. The second kappa shape index (κ2) is 4.54. The quantitative estimate of drug-likeness (QED) is 0.446. The Bertz CT molecular complexity index is 364. The van der Waals surface area contributed by atoms with Crippen LogP contribution in [0.2, 0.25) is 0 Å². The van der Waals surface area contributed by atoms with E-state index in [2.05, 4.69) is 5.32 Å². The van der Waals surface area contributed by atoms with Crippen LogP contribution in [0.25, 0.3) is 0 Å². The summed E-state index contributed by atoms with van der Waals surface area (Å²) in [4.78, 5) is 10.7. The summed E-state index contributed by atoms with van der Waals surface area (Å²) >= 11 is 0. The summed E-state index contributed by atoms with van der Waals surface area (Å²) in [6.45, 7) is 1.74. The first-order valence-electron chi connectivity index (χ1n) is 4.56. The van der Waals surface area contributed by atoms with Gasteiger partial charge in [0.1, 0.15) is 6.04 Å². The minimum absolute atomic E-state index is 0.232. The van der Waals surface area contributed by atoms with E-state index in [0.717, 1.165) is 0 Å². The van der Waals surface area contributed by atoms with Crippen LogP contribution in [0, 0.1) is 0 Å². The first-order valence-corrected chi connectivity index (χ1v) is 4.56. The summed E-state index contributed by atoms with van der Waals surface area (Å²) < 4.78 is 0. The maximum absolute atomic E-state index is 10.7. The average Bonchev–Trinajstić information content (AvgIpc) is 2.19. The van der Waals surface area contributed by atoms with Gasteiger partial charge in [0.25, 0.3) is 0 Å². The van der Waals surface area contributed by atoms with Gasteiger partial charge in [-0.25, -0.2) is 4.79 Å². The minimum Gasteiger partial charge on any atom is -0.504 e. The molecule has 0 bridgehead atoms. The number of carbonyl (C=O) groups is 1. The van der Waals surface area contributed by atoms with E-state index in [1.807, 2.05) is 0 Å². The average molecular weight is 211 g/mol. The number of carboxylic acid groups (broad SMARTS) is 1. The molecule has 0 aliphatic carbocycles. The molecule has 15 heavy (non-hydrogen) atoms. The van der Waals surface area contributed by atoms with Gasteiger partial charge in [0.15, 0.2) is 11.5 Å². The zero-order valence-electron chi connectivity index (χ0n) is 8.27. The van der Waals surface area contributed by atoms with Crippen molar-refractivity contribution in [2.24, 2.45) is 0 Å². The largest absolute Gasteiger partial charge is 0.504 e. The summed E-state index contributed by atoms with van der Waals surface area (Å²) in [6.07, 6.45) is 0.428. The van der Waals surface area contributed by atoms with Crippen LogP contribution >= 0.6 is 0 Å². The molecule has 0 aromatic heterocycles. The van der Waals surface area contributed by atoms with Crippen LogP contribution in [-0.4, -0.2) is 27.3 Å². The Balaban J connectivity index is 2.80. The van der Waals surface area contributed by atoms with E-state index >= 15 is 0 Å². The Morgan fingerprint density at radius 3 is 2.53 bits per heavy atom. The topological polar surface area (TPSA) is 89.8 Å². The number of aromatic hydroxyl groups is 2. The Labute approximate surface area is 87.0 Å². The summed E-state index contributed by atoms with van der Waals surface area (Å²) in [7, 11) is 0. The van der Waals surface area contributed by atoms with Crippen LogP contribution in [0.3, 0.4) is 0 Å². The number of aliphatic carboxylic acids is 1. The van der Waals surface area contributed by atoms with E-state index in [4.69, 9.17) is 10.2 Å². The van der Waals surface area contributed by atoms with Crippen LogP contribution in [0.5, 0.6) is 11.5 Å². The number of hydrogen-bond donors (Lipinski definition) is 4. The molecule has 0 amide bonds. The molecule has 0 aliphatic heterocycles. The van der Waals surface area contributed by atoms with Gasteiger partial charge in [0.05, 0.1) is 0 Å². The first-order chi connectivity index (χ1) is 7.04. The lowest BCUT2D eigenvalue weighted by Crippen LogP contribution is -2.28. The zero-order chi connectivity index (χ0) is 11.4. The molecule has 0 spiro atoms. The molecule has 1 aromatic carbocycles. The van der Waals surface area contributed by atoms with Crippen molar-refractivity contribution >= 4 is 11.7 Å². The molecule has 1 atom stereocenters. The van der Waals surface area contributed by atoms with Gasteiger partial charge in [-0.1, -0.05) is 6.92 Å². The third kappa shape index (κ3) is 2.77. The standard InChI is InChI=1S/C10H13NO4/c1-2-7(10(14)15)11-6-3-4-8(12)9(13)5-6/h3-5,7,11-13H,2H2,1H3,(H,14,15)/t7-/m0/s1. The number of anilines is 1. The van der Waals surface area contributed by atoms with Crippen LogP contribution in [0.15, 0.2) is 18.2 Å². The third-order valence-corrected chi connectivity index (χ3v) is 2.02. The van der Waals surface area contributed by atoms with E-state index in [1.54, 1.807) is 6.92 Å². The van der Waals surface area contributed by atoms with E-state index in [-0.39, 0.29) is 11.5 Å². The number of phenolic OH excluding ortho intramolecular Hbond substituents is 2. The predicted molar refractivity (Wildman–Crippen MR) is 55.1 cm³/mol. The maximum atomic E-state index is 10.7. The summed E-state index contributed by atoms with van der Waals surface area (Å²) in [5.41, 5.74) is 0.458. The van der Waals surface area contributed by atoms with Crippen LogP contribution in [0.1, 0.15) is 13.3 Å². The number of nitrogens with one attached hydrogen (secondary N) is 1. The highest BCUT2D eigenvalue weighted by atomic mass is 16.4. The normalized spacial score (nSPS) is 12.1. The van der Waals surface area contributed by atoms with E-state index in [1.165, 1.54) is 18.2 Å². The van der Waals surface area contributed by atoms with Crippen LogP contribution in [0.4, 0.5) is 5.69 Å². The van der Waals surface area contributed by atoms with Gasteiger partial charge in [-0.2, -0.15) is 0 Å². The highest BCUT2D eigenvalue weighted by molar-refractivity contribution is 5.77. The highest BCUT2D eigenvalue weighted by Gasteiger charge is 2.14. The summed E-state index contributed by atoms with van der Waals surface area (Å²) in [5.74, 6) is -1.46. The van der Waals surface area contributed by atoms with Crippen molar-refractivity contribution in [1.29, 1.82) is 0 Å². The lowest BCUT2D eigenvalue weighted by molar-refractivity contribution is -0.137. The third-order valence-electron chi connectivity index (χ3n) is 2.02.